The number of rotatable bonds is 6. The molecule has 0 aromatic carbocycles. The summed E-state index contributed by atoms with van der Waals surface area (Å²) in [5, 5.41) is 15.9. The molecule has 2 N–H and O–H groups in total. The normalized spacial score (nSPS) is 24.2. The van der Waals surface area contributed by atoms with E-state index in [4.69, 9.17) is 0 Å². The minimum absolute atomic E-state index is 0.0619. The number of thioether (sulfide) groups is 1. The molecule has 1 saturated heterocycles. The molecule has 0 bridgehead atoms. The lowest BCUT2D eigenvalue weighted by Gasteiger charge is -2.36. The first-order valence-corrected chi connectivity index (χ1v) is 12.1. The fourth-order valence-electron chi connectivity index (χ4n) is 3.79. The van der Waals surface area contributed by atoms with Crippen LogP contribution in [0, 0.1) is 5.92 Å². The number of urea groups is 1. The van der Waals surface area contributed by atoms with Gasteiger partial charge in [0.1, 0.15) is 12.1 Å². The molecule has 2 fully saturated rings. The quantitative estimate of drug-likeness (QED) is 0.397. The molecule has 0 radical (unpaired) electrons. The fourth-order valence-corrected chi connectivity index (χ4v) is 6.33. The summed E-state index contributed by atoms with van der Waals surface area (Å²) in [5.74, 6) is 0.101. The molecule has 8 nitrogen and oxygen atoms in total. The van der Waals surface area contributed by atoms with Gasteiger partial charge >= 0.3 is 6.03 Å². The van der Waals surface area contributed by atoms with Crippen molar-refractivity contribution in [2.24, 2.45) is 5.92 Å². The third-order valence-electron chi connectivity index (χ3n) is 5.37. The molecule has 4 rings (SSSR count). The highest BCUT2D eigenvalue weighted by Crippen LogP contribution is 2.38. The molecule has 0 unspecified atom stereocenters. The summed E-state index contributed by atoms with van der Waals surface area (Å²) < 4.78 is 0.749. The van der Waals surface area contributed by atoms with Crippen molar-refractivity contribution < 1.29 is 14.4 Å². The van der Waals surface area contributed by atoms with Crippen molar-refractivity contribution in [1.82, 2.24) is 20.4 Å². The first-order chi connectivity index (χ1) is 14.0. The van der Waals surface area contributed by atoms with Gasteiger partial charge in [0.2, 0.25) is 11.0 Å². The zero-order chi connectivity index (χ0) is 20.4. The van der Waals surface area contributed by atoms with Crippen LogP contribution in [0.4, 0.5) is 9.93 Å². The zero-order valence-corrected chi connectivity index (χ0v) is 18.3. The minimum atomic E-state index is -0.857. The number of hydrogen-bond donors (Lipinski definition) is 2. The average Bonchev–Trinajstić information content (AvgIpc) is 3.41. The maximum absolute atomic E-state index is 12.9. The molecular weight excluding hydrogens is 430 g/mol. The van der Waals surface area contributed by atoms with Gasteiger partial charge < -0.3 is 5.32 Å². The van der Waals surface area contributed by atoms with E-state index >= 15 is 0 Å². The van der Waals surface area contributed by atoms with Crippen LogP contribution in [-0.4, -0.2) is 45.0 Å². The van der Waals surface area contributed by atoms with Gasteiger partial charge in [0, 0.05) is 10.6 Å². The monoisotopic (exact) mass is 451 g/mol. The Morgan fingerprint density at radius 3 is 3.03 bits per heavy atom. The molecule has 1 aliphatic carbocycles. The van der Waals surface area contributed by atoms with Gasteiger partial charge in [-0.2, -0.15) is 0 Å². The lowest BCUT2D eigenvalue weighted by molar-refractivity contribution is -0.136. The summed E-state index contributed by atoms with van der Waals surface area (Å²) >= 11 is 4.50. The van der Waals surface area contributed by atoms with Gasteiger partial charge in [-0.1, -0.05) is 48.9 Å². The minimum Gasteiger partial charge on any atom is -0.323 e. The number of carbonyl (C=O) groups excluding carboxylic acids is 3. The van der Waals surface area contributed by atoms with Crippen molar-refractivity contribution >= 4 is 57.4 Å². The van der Waals surface area contributed by atoms with Crippen molar-refractivity contribution in [2.45, 2.75) is 48.2 Å². The Morgan fingerprint density at radius 2 is 2.28 bits per heavy atom. The van der Waals surface area contributed by atoms with Crippen LogP contribution in [0.1, 0.15) is 37.5 Å². The van der Waals surface area contributed by atoms with Gasteiger partial charge in [0.25, 0.3) is 5.91 Å². The SMILES string of the molecule is C[C@@H]1CCCC[C@]12NC(=O)N(CC(=O)Nc1nnc(SCc3cccs3)s1)C2=O. The van der Waals surface area contributed by atoms with Crippen LogP contribution in [-0.2, 0) is 15.3 Å². The summed E-state index contributed by atoms with van der Waals surface area (Å²) in [6.45, 7) is 1.66. The van der Waals surface area contributed by atoms with E-state index < -0.39 is 17.5 Å². The molecule has 11 heteroatoms. The van der Waals surface area contributed by atoms with Gasteiger partial charge in [-0.15, -0.1) is 21.5 Å². The number of amides is 4. The summed E-state index contributed by atoms with van der Waals surface area (Å²) in [4.78, 5) is 40.0. The van der Waals surface area contributed by atoms with E-state index in [1.165, 1.54) is 16.2 Å². The fraction of sp³-hybridized carbons (Fsp3) is 0.500. The summed E-state index contributed by atoms with van der Waals surface area (Å²) in [7, 11) is 0. The number of hydrogen-bond acceptors (Lipinski definition) is 8. The van der Waals surface area contributed by atoms with E-state index in [1.807, 2.05) is 18.4 Å². The maximum Gasteiger partial charge on any atom is 0.325 e. The number of aromatic nitrogens is 2. The molecule has 2 atom stereocenters. The second-order valence-electron chi connectivity index (χ2n) is 7.23. The van der Waals surface area contributed by atoms with E-state index in [0.29, 0.717) is 11.6 Å². The summed E-state index contributed by atoms with van der Waals surface area (Å²) in [6, 6.07) is 3.56. The van der Waals surface area contributed by atoms with E-state index in [9.17, 15) is 14.4 Å². The predicted molar refractivity (Wildman–Crippen MR) is 113 cm³/mol. The highest BCUT2D eigenvalue weighted by atomic mass is 32.2. The lowest BCUT2D eigenvalue weighted by Crippen LogP contribution is -2.54. The first-order valence-electron chi connectivity index (χ1n) is 9.40. The molecule has 29 heavy (non-hydrogen) atoms. The van der Waals surface area contributed by atoms with E-state index in [2.05, 4.69) is 26.9 Å². The number of nitrogens with one attached hydrogen (secondary N) is 2. The predicted octanol–water partition coefficient (Wildman–Crippen LogP) is 3.33. The van der Waals surface area contributed by atoms with Crippen molar-refractivity contribution in [2.75, 3.05) is 11.9 Å². The number of nitrogens with zero attached hydrogens (tertiary/aromatic N) is 3. The third-order valence-corrected chi connectivity index (χ3v) is 8.45. The molecule has 2 aromatic rings. The van der Waals surface area contributed by atoms with Gasteiger partial charge in [0.05, 0.1) is 0 Å². The second-order valence-corrected chi connectivity index (χ2v) is 10.5. The van der Waals surface area contributed by atoms with E-state index in [1.54, 1.807) is 23.1 Å². The highest BCUT2D eigenvalue weighted by Gasteiger charge is 2.55. The Balaban J connectivity index is 1.34. The van der Waals surface area contributed by atoms with Crippen LogP contribution in [0.5, 0.6) is 0 Å². The largest absolute Gasteiger partial charge is 0.325 e. The molecule has 1 aliphatic heterocycles. The molecule has 3 heterocycles. The highest BCUT2D eigenvalue weighted by molar-refractivity contribution is 8.00. The number of imide groups is 1. The van der Waals surface area contributed by atoms with Gasteiger partial charge in [0.15, 0.2) is 4.34 Å². The second kappa shape index (κ2) is 8.41. The molecule has 4 amide bonds. The first kappa shape index (κ1) is 20.3. The van der Waals surface area contributed by atoms with Crippen LogP contribution in [0.3, 0.4) is 0 Å². The van der Waals surface area contributed by atoms with Crippen molar-refractivity contribution in [3.63, 3.8) is 0 Å². The molecule has 1 spiro atoms. The van der Waals surface area contributed by atoms with E-state index in [0.717, 1.165) is 34.3 Å². The number of thiophene rings is 1. The lowest BCUT2D eigenvalue weighted by atomic mass is 9.73. The standard InChI is InChI=1S/C18H21N5O3S3/c1-11-5-2-3-7-18(11)14(25)23(16(26)20-18)9-13(24)19-15-21-22-17(29-15)28-10-12-6-4-8-27-12/h4,6,8,11H,2-3,5,7,9-10H2,1H3,(H,20,26)(H,19,21,24)/t11-,18+/m1/s1. The topological polar surface area (TPSA) is 104 Å². The third kappa shape index (κ3) is 4.17. The smallest absolute Gasteiger partial charge is 0.323 e. The van der Waals surface area contributed by atoms with Crippen molar-refractivity contribution in [3.8, 4) is 0 Å². The van der Waals surface area contributed by atoms with Gasteiger partial charge in [-0.25, -0.2) is 4.79 Å². The van der Waals surface area contributed by atoms with Crippen LogP contribution in [0.15, 0.2) is 21.9 Å². The van der Waals surface area contributed by atoms with Gasteiger partial charge in [-0.3, -0.25) is 19.8 Å². The maximum atomic E-state index is 12.9. The summed E-state index contributed by atoms with van der Waals surface area (Å²) in [5.41, 5.74) is -0.857. The van der Waals surface area contributed by atoms with Crippen molar-refractivity contribution in [1.29, 1.82) is 0 Å². The van der Waals surface area contributed by atoms with E-state index in [-0.39, 0.29) is 18.4 Å². The van der Waals surface area contributed by atoms with Crippen LogP contribution >= 0.6 is 34.4 Å². The summed E-state index contributed by atoms with van der Waals surface area (Å²) in [6.07, 6.45) is 3.46. The van der Waals surface area contributed by atoms with Crippen LogP contribution in [0.25, 0.3) is 0 Å². The van der Waals surface area contributed by atoms with Gasteiger partial charge in [-0.05, 0) is 30.2 Å². The van der Waals surface area contributed by atoms with Crippen LogP contribution in [0.2, 0.25) is 0 Å². The molecule has 1 saturated carbocycles. The molecule has 2 aliphatic rings. The van der Waals surface area contributed by atoms with Crippen molar-refractivity contribution in [3.05, 3.63) is 22.4 Å². The zero-order valence-electron chi connectivity index (χ0n) is 15.8. The average molecular weight is 452 g/mol. The molecule has 2 aromatic heterocycles. The Bertz CT molecular complexity index is 916. The number of carbonyl (C=O) groups is 3. The Morgan fingerprint density at radius 1 is 1.41 bits per heavy atom. The molecule has 154 valence electrons. The molecular formula is C18H21N5O3S3. The Kier molecular flexibility index (Phi) is 5.88. The van der Waals surface area contributed by atoms with Crippen LogP contribution < -0.4 is 10.6 Å². The number of anilines is 1. The Hall–Kier alpha value is -1.98. The Labute approximate surface area is 180 Å².